The number of rotatable bonds is 4. The lowest BCUT2D eigenvalue weighted by atomic mass is 9.91. The largest absolute Gasteiger partial charge is 0.416 e. The maximum atomic E-state index is 13.0. The second-order valence-electron chi connectivity index (χ2n) is 5.01. The molecule has 0 radical (unpaired) electrons. The average molecular weight is 273 g/mol. The molecule has 0 spiro atoms. The van der Waals surface area contributed by atoms with E-state index in [2.05, 4.69) is 0 Å². The lowest BCUT2D eigenvalue weighted by molar-refractivity contribution is -0.139. The SMILES string of the molecule is CC(C)C(=O)C(c1ccccc1C(F)(F)F)N(C)C. The predicted molar refractivity (Wildman–Crippen MR) is 67.7 cm³/mol. The lowest BCUT2D eigenvalue weighted by Gasteiger charge is -2.27. The van der Waals surface area contributed by atoms with Crippen molar-refractivity contribution >= 4 is 5.78 Å². The Hall–Kier alpha value is -1.36. The third kappa shape index (κ3) is 3.56. The van der Waals surface area contributed by atoms with E-state index in [4.69, 9.17) is 0 Å². The number of hydrogen-bond donors (Lipinski definition) is 0. The third-order valence-corrected chi connectivity index (χ3v) is 2.92. The fourth-order valence-corrected chi connectivity index (χ4v) is 2.00. The van der Waals surface area contributed by atoms with Crippen molar-refractivity contribution in [3.63, 3.8) is 0 Å². The van der Waals surface area contributed by atoms with Crippen LogP contribution in [0.4, 0.5) is 13.2 Å². The average Bonchev–Trinajstić information content (AvgIpc) is 2.27. The van der Waals surface area contributed by atoms with E-state index < -0.39 is 17.8 Å². The van der Waals surface area contributed by atoms with Crippen LogP contribution >= 0.6 is 0 Å². The van der Waals surface area contributed by atoms with Crippen molar-refractivity contribution in [3.8, 4) is 0 Å². The van der Waals surface area contributed by atoms with E-state index in [1.807, 2.05) is 0 Å². The van der Waals surface area contributed by atoms with E-state index in [0.717, 1.165) is 6.07 Å². The summed E-state index contributed by atoms with van der Waals surface area (Å²) >= 11 is 0. The van der Waals surface area contributed by atoms with Crippen LogP contribution in [0.5, 0.6) is 0 Å². The Morgan fingerprint density at radius 3 is 2.11 bits per heavy atom. The van der Waals surface area contributed by atoms with Crippen molar-refractivity contribution in [3.05, 3.63) is 35.4 Å². The minimum Gasteiger partial charge on any atom is -0.297 e. The Balaban J connectivity index is 3.36. The first-order valence-electron chi connectivity index (χ1n) is 6.02. The normalized spacial score (nSPS) is 13.9. The van der Waals surface area contributed by atoms with E-state index in [9.17, 15) is 18.0 Å². The number of carbonyl (C=O) groups excluding carboxylic acids is 1. The molecule has 5 heteroatoms. The van der Waals surface area contributed by atoms with Crippen LogP contribution in [0.1, 0.15) is 31.0 Å². The molecule has 1 aromatic carbocycles. The molecule has 0 aromatic heterocycles. The Morgan fingerprint density at radius 2 is 1.68 bits per heavy atom. The van der Waals surface area contributed by atoms with E-state index in [1.54, 1.807) is 27.9 Å². The van der Waals surface area contributed by atoms with Gasteiger partial charge < -0.3 is 0 Å². The second-order valence-corrected chi connectivity index (χ2v) is 5.01. The van der Waals surface area contributed by atoms with Crippen molar-refractivity contribution in [1.82, 2.24) is 4.90 Å². The minimum atomic E-state index is -4.46. The van der Waals surface area contributed by atoms with Gasteiger partial charge in [-0.1, -0.05) is 32.0 Å². The first kappa shape index (κ1) is 15.7. The molecule has 1 rings (SSSR count). The van der Waals surface area contributed by atoms with Crippen LogP contribution in [0.15, 0.2) is 24.3 Å². The van der Waals surface area contributed by atoms with Crippen LogP contribution in [-0.4, -0.2) is 24.8 Å². The van der Waals surface area contributed by atoms with Crippen molar-refractivity contribution in [2.45, 2.75) is 26.1 Å². The molecule has 0 heterocycles. The van der Waals surface area contributed by atoms with Gasteiger partial charge in [-0.15, -0.1) is 0 Å². The van der Waals surface area contributed by atoms with E-state index in [0.29, 0.717) is 0 Å². The van der Waals surface area contributed by atoms with Gasteiger partial charge in [-0.2, -0.15) is 13.2 Å². The summed E-state index contributed by atoms with van der Waals surface area (Å²) in [5.41, 5.74) is -0.735. The first-order chi connectivity index (χ1) is 8.66. The molecule has 0 N–H and O–H groups in total. The predicted octanol–water partition coefficient (Wildman–Crippen LogP) is 3.53. The molecule has 1 aromatic rings. The summed E-state index contributed by atoms with van der Waals surface area (Å²) in [5.74, 6) is -0.546. The topological polar surface area (TPSA) is 20.3 Å². The highest BCUT2D eigenvalue weighted by Gasteiger charge is 2.37. The molecule has 0 bridgehead atoms. The number of nitrogens with zero attached hydrogens (tertiary/aromatic N) is 1. The number of benzene rings is 1. The van der Waals surface area contributed by atoms with Crippen LogP contribution in [0, 0.1) is 5.92 Å². The number of halogens is 3. The molecule has 0 aliphatic carbocycles. The van der Waals surface area contributed by atoms with Gasteiger partial charge in [-0.3, -0.25) is 9.69 Å². The smallest absolute Gasteiger partial charge is 0.297 e. The molecule has 0 aliphatic rings. The van der Waals surface area contributed by atoms with Crippen LogP contribution in [0.3, 0.4) is 0 Å². The summed E-state index contributed by atoms with van der Waals surface area (Å²) in [6.45, 7) is 3.38. The molecule has 0 saturated heterocycles. The Labute approximate surface area is 111 Å². The molecular weight excluding hydrogens is 255 g/mol. The zero-order valence-corrected chi connectivity index (χ0v) is 11.5. The highest BCUT2D eigenvalue weighted by molar-refractivity contribution is 5.87. The molecule has 0 fully saturated rings. The molecule has 1 unspecified atom stereocenters. The summed E-state index contributed by atoms with van der Waals surface area (Å²) in [7, 11) is 3.22. The van der Waals surface area contributed by atoms with Crippen LogP contribution in [-0.2, 0) is 11.0 Å². The van der Waals surface area contributed by atoms with Crippen molar-refractivity contribution in [1.29, 1.82) is 0 Å². The molecule has 0 amide bonds. The maximum Gasteiger partial charge on any atom is 0.416 e. The Kier molecular flexibility index (Phi) is 4.74. The van der Waals surface area contributed by atoms with Crippen LogP contribution in [0.2, 0.25) is 0 Å². The summed E-state index contributed by atoms with van der Waals surface area (Å²) in [4.78, 5) is 13.7. The number of alkyl halides is 3. The molecule has 1 atom stereocenters. The Morgan fingerprint density at radius 1 is 1.16 bits per heavy atom. The number of hydrogen-bond acceptors (Lipinski definition) is 2. The standard InChI is InChI=1S/C14H18F3NO/c1-9(2)13(19)12(18(3)4)10-7-5-6-8-11(10)14(15,16)17/h5-9,12H,1-4H3. The van der Waals surface area contributed by atoms with Crippen molar-refractivity contribution in [2.75, 3.05) is 14.1 Å². The highest BCUT2D eigenvalue weighted by atomic mass is 19.4. The zero-order valence-electron chi connectivity index (χ0n) is 11.5. The molecular formula is C14H18F3NO. The zero-order chi connectivity index (χ0) is 14.8. The van der Waals surface area contributed by atoms with Gasteiger partial charge in [0.2, 0.25) is 0 Å². The molecule has 0 aliphatic heterocycles. The van der Waals surface area contributed by atoms with E-state index in [-0.39, 0.29) is 17.3 Å². The van der Waals surface area contributed by atoms with Crippen molar-refractivity contribution < 1.29 is 18.0 Å². The van der Waals surface area contributed by atoms with Gasteiger partial charge in [0.25, 0.3) is 0 Å². The van der Waals surface area contributed by atoms with Gasteiger partial charge in [-0.25, -0.2) is 0 Å². The number of ketones is 1. The second kappa shape index (κ2) is 5.74. The number of likely N-dealkylation sites (N-methyl/N-ethyl adjacent to an activating group) is 1. The fourth-order valence-electron chi connectivity index (χ4n) is 2.00. The van der Waals surface area contributed by atoms with Crippen molar-refractivity contribution in [2.24, 2.45) is 5.92 Å². The van der Waals surface area contributed by atoms with E-state index in [1.165, 1.54) is 23.1 Å². The molecule has 19 heavy (non-hydrogen) atoms. The fraction of sp³-hybridized carbons (Fsp3) is 0.500. The van der Waals surface area contributed by atoms with Gasteiger partial charge >= 0.3 is 6.18 Å². The molecule has 0 saturated carbocycles. The Bertz CT molecular complexity index is 452. The van der Waals surface area contributed by atoms with E-state index >= 15 is 0 Å². The number of Topliss-reactive ketones (excluding diaryl/α,β-unsaturated/α-hetero) is 1. The molecule has 2 nitrogen and oxygen atoms in total. The quantitative estimate of drug-likeness (QED) is 0.836. The summed E-state index contributed by atoms with van der Waals surface area (Å²) in [5, 5.41) is 0. The van der Waals surface area contributed by atoms with Gasteiger partial charge in [0.05, 0.1) is 11.6 Å². The number of carbonyl (C=O) groups is 1. The van der Waals surface area contributed by atoms with Gasteiger partial charge in [0.15, 0.2) is 5.78 Å². The minimum absolute atomic E-state index is 0.0127. The maximum absolute atomic E-state index is 13.0. The van der Waals surface area contributed by atoms with Crippen LogP contribution < -0.4 is 0 Å². The van der Waals surface area contributed by atoms with Gasteiger partial charge in [0, 0.05) is 5.92 Å². The summed E-state index contributed by atoms with van der Waals surface area (Å²) < 4.78 is 39.0. The first-order valence-corrected chi connectivity index (χ1v) is 6.02. The summed E-state index contributed by atoms with van der Waals surface area (Å²) in [6.07, 6.45) is -4.46. The molecule has 106 valence electrons. The van der Waals surface area contributed by atoms with Gasteiger partial charge in [-0.05, 0) is 25.7 Å². The van der Waals surface area contributed by atoms with Crippen LogP contribution in [0.25, 0.3) is 0 Å². The highest BCUT2D eigenvalue weighted by Crippen LogP contribution is 2.36. The summed E-state index contributed by atoms with van der Waals surface area (Å²) in [6, 6.07) is 4.36. The third-order valence-electron chi connectivity index (χ3n) is 2.92. The monoisotopic (exact) mass is 273 g/mol. The lowest BCUT2D eigenvalue weighted by Crippen LogP contribution is -2.32. The van der Waals surface area contributed by atoms with Gasteiger partial charge in [0.1, 0.15) is 0 Å².